The molecule has 0 aliphatic heterocycles. The summed E-state index contributed by atoms with van der Waals surface area (Å²) in [5.41, 5.74) is 0.871. The van der Waals surface area contributed by atoms with E-state index in [9.17, 15) is 9.59 Å². The molecule has 0 fully saturated rings. The highest BCUT2D eigenvalue weighted by atomic mass is 79.9. The number of aliphatic carboxylic acids is 1. The Kier molecular flexibility index (Phi) is 5.60. The maximum Gasteiger partial charge on any atom is 0.328 e. The van der Waals surface area contributed by atoms with Crippen molar-refractivity contribution in [2.45, 2.75) is 12.6 Å². The van der Waals surface area contributed by atoms with Gasteiger partial charge >= 0.3 is 12.0 Å². The van der Waals surface area contributed by atoms with Crippen LogP contribution in [0, 0.1) is 0 Å². The summed E-state index contributed by atoms with van der Waals surface area (Å²) in [5.74, 6) is -1.28. The number of aliphatic hydroxyl groups excluding tert-OH is 1. The van der Waals surface area contributed by atoms with Crippen molar-refractivity contribution in [2.75, 3.05) is 6.61 Å². The first-order chi connectivity index (χ1) is 8.52. The molecule has 2 amide bonds. The number of rotatable bonds is 5. The van der Waals surface area contributed by atoms with Crippen LogP contribution in [0.25, 0.3) is 0 Å². The number of halogens is 1. The molecule has 0 spiro atoms. The van der Waals surface area contributed by atoms with E-state index >= 15 is 0 Å². The molecule has 7 heteroatoms. The average Bonchev–Trinajstić information content (AvgIpc) is 2.33. The second-order valence-corrected chi connectivity index (χ2v) is 4.45. The lowest BCUT2D eigenvalue weighted by atomic mass is 10.2. The van der Waals surface area contributed by atoms with Crippen LogP contribution < -0.4 is 10.6 Å². The third-order valence-electron chi connectivity index (χ3n) is 2.13. The average molecular weight is 317 g/mol. The summed E-state index contributed by atoms with van der Waals surface area (Å²) in [6.07, 6.45) is 0. The van der Waals surface area contributed by atoms with Crippen LogP contribution in [0.2, 0.25) is 0 Å². The van der Waals surface area contributed by atoms with E-state index in [1.54, 1.807) is 0 Å². The van der Waals surface area contributed by atoms with Crippen molar-refractivity contribution in [2.24, 2.45) is 0 Å². The second-order valence-electron chi connectivity index (χ2n) is 3.53. The zero-order valence-corrected chi connectivity index (χ0v) is 11.0. The maximum atomic E-state index is 11.4. The molecule has 1 rings (SSSR count). The van der Waals surface area contributed by atoms with Gasteiger partial charge in [0.15, 0.2) is 6.04 Å². The minimum Gasteiger partial charge on any atom is -0.480 e. The molecule has 0 bridgehead atoms. The van der Waals surface area contributed by atoms with Gasteiger partial charge in [0, 0.05) is 11.0 Å². The van der Waals surface area contributed by atoms with Crippen LogP contribution in [0.4, 0.5) is 4.79 Å². The number of hydrogen-bond acceptors (Lipinski definition) is 3. The van der Waals surface area contributed by atoms with Gasteiger partial charge in [0.05, 0.1) is 6.61 Å². The van der Waals surface area contributed by atoms with Gasteiger partial charge in [0.25, 0.3) is 0 Å². The molecule has 0 aliphatic carbocycles. The second kappa shape index (κ2) is 6.97. The van der Waals surface area contributed by atoms with Gasteiger partial charge in [-0.25, -0.2) is 9.59 Å². The Hall–Kier alpha value is -1.60. The minimum absolute atomic E-state index is 0.267. The number of nitrogens with one attached hydrogen (secondary N) is 2. The third kappa shape index (κ3) is 4.72. The number of carboxylic acids is 1. The van der Waals surface area contributed by atoms with Crippen molar-refractivity contribution in [3.63, 3.8) is 0 Å². The van der Waals surface area contributed by atoms with Crippen molar-refractivity contribution < 1.29 is 19.8 Å². The maximum absolute atomic E-state index is 11.4. The standard InChI is InChI=1S/C11H13BrN2O4/c12-8-3-1-2-7(4-8)5-13-11(18)14-9(6-15)10(16)17/h1-4,9,15H,5-6H2,(H,16,17)(H2,13,14,18)/t9-/m1/s1. The Morgan fingerprint density at radius 2 is 2.11 bits per heavy atom. The summed E-state index contributed by atoms with van der Waals surface area (Å²) < 4.78 is 0.890. The van der Waals surface area contributed by atoms with E-state index in [1.807, 2.05) is 24.3 Å². The number of benzene rings is 1. The molecule has 0 radical (unpaired) electrons. The molecule has 1 aromatic carbocycles. The Balaban J connectivity index is 2.44. The highest BCUT2D eigenvalue weighted by molar-refractivity contribution is 9.10. The molecule has 0 unspecified atom stereocenters. The Bertz CT molecular complexity index is 439. The van der Waals surface area contributed by atoms with E-state index in [2.05, 4.69) is 26.6 Å². The molecular weight excluding hydrogens is 304 g/mol. The molecule has 98 valence electrons. The van der Waals surface area contributed by atoms with Crippen LogP contribution in [0.1, 0.15) is 5.56 Å². The number of hydrogen-bond donors (Lipinski definition) is 4. The van der Waals surface area contributed by atoms with E-state index in [0.29, 0.717) is 0 Å². The van der Waals surface area contributed by atoms with Crippen LogP contribution in [0.3, 0.4) is 0 Å². The third-order valence-corrected chi connectivity index (χ3v) is 2.62. The smallest absolute Gasteiger partial charge is 0.328 e. The largest absolute Gasteiger partial charge is 0.480 e. The van der Waals surface area contributed by atoms with Gasteiger partial charge in [-0.1, -0.05) is 28.1 Å². The van der Waals surface area contributed by atoms with Gasteiger partial charge in [-0.05, 0) is 17.7 Å². The van der Waals surface area contributed by atoms with Crippen LogP contribution >= 0.6 is 15.9 Å². The number of amides is 2. The molecule has 0 heterocycles. The van der Waals surface area contributed by atoms with Crippen LogP contribution in [-0.4, -0.2) is 34.9 Å². The van der Waals surface area contributed by atoms with Crippen molar-refractivity contribution in [3.05, 3.63) is 34.3 Å². The summed E-state index contributed by atoms with van der Waals surface area (Å²) in [4.78, 5) is 21.9. The van der Waals surface area contributed by atoms with Gasteiger partial charge in [0.1, 0.15) is 0 Å². The van der Waals surface area contributed by atoms with Gasteiger partial charge in [-0.2, -0.15) is 0 Å². The Morgan fingerprint density at radius 1 is 1.39 bits per heavy atom. The fourth-order valence-corrected chi connectivity index (χ4v) is 1.67. The van der Waals surface area contributed by atoms with E-state index in [4.69, 9.17) is 10.2 Å². The molecule has 0 saturated carbocycles. The summed E-state index contributed by atoms with van der Waals surface area (Å²) >= 11 is 3.30. The number of carbonyl (C=O) groups excluding carboxylic acids is 1. The highest BCUT2D eigenvalue weighted by Gasteiger charge is 2.18. The van der Waals surface area contributed by atoms with Crippen molar-refractivity contribution in [3.8, 4) is 0 Å². The molecule has 0 aromatic heterocycles. The lowest BCUT2D eigenvalue weighted by Crippen LogP contribution is -2.47. The number of aliphatic hydroxyl groups is 1. The quantitative estimate of drug-likeness (QED) is 0.642. The highest BCUT2D eigenvalue weighted by Crippen LogP contribution is 2.11. The summed E-state index contributed by atoms with van der Waals surface area (Å²) in [6, 6.07) is 5.40. The fraction of sp³-hybridized carbons (Fsp3) is 0.273. The lowest BCUT2D eigenvalue weighted by Gasteiger charge is -2.12. The minimum atomic E-state index is -1.30. The first kappa shape index (κ1) is 14.5. The zero-order chi connectivity index (χ0) is 13.5. The van der Waals surface area contributed by atoms with Gasteiger partial charge in [-0.3, -0.25) is 0 Å². The molecule has 0 saturated heterocycles. The Labute approximate surface area is 112 Å². The molecule has 4 N–H and O–H groups in total. The lowest BCUT2D eigenvalue weighted by molar-refractivity contribution is -0.140. The SMILES string of the molecule is O=C(NCc1cccc(Br)c1)N[C@H](CO)C(=O)O. The molecule has 1 aromatic rings. The summed E-state index contributed by atoms with van der Waals surface area (Å²) in [5, 5.41) is 22.0. The normalized spacial score (nSPS) is 11.7. The van der Waals surface area contributed by atoms with Crippen molar-refractivity contribution >= 4 is 27.9 Å². The van der Waals surface area contributed by atoms with E-state index in [1.165, 1.54) is 0 Å². The molecule has 1 atom stereocenters. The van der Waals surface area contributed by atoms with Gasteiger partial charge < -0.3 is 20.8 Å². The monoisotopic (exact) mass is 316 g/mol. The molecule has 18 heavy (non-hydrogen) atoms. The zero-order valence-electron chi connectivity index (χ0n) is 9.39. The van der Waals surface area contributed by atoms with Gasteiger partial charge in [-0.15, -0.1) is 0 Å². The Morgan fingerprint density at radius 3 is 2.67 bits per heavy atom. The van der Waals surface area contributed by atoms with Gasteiger partial charge in [0.2, 0.25) is 0 Å². The topological polar surface area (TPSA) is 98.7 Å². The predicted molar refractivity (Wildman–Crippen MR) is 68.0 cm³/mol. The predicted octanol–water partition coefficient (Wildman–Crippen LogP) is 0.694. The van der Waals surface area contributed by atoms with E-state index in [0.717, 1.165) is 10.0 Å². The van der Waals surface area contributed by atoms with Crippen LogP contribution in [-0.2, 0) is 11.3 Å². The van der Waals surface area contributed by atoms with E-state index < -0.39 is 24.6 Å². The van der Waals surface area contributed by atoms with E-state index in [-0.39, 0.29) is 6.54 Å². The first-order valence-corrected chi connectivity index (χ1v) is 5.94. The number of urea groups is 1. The fourth-order valence-electron chi connectivity index (χ4n) is 1.22. The van der Waals surface area contributed by atoms with Crippen molar-refractivity contribution in [1.82, 2.24) is 10.6 Å². The molecule has 0 aliphatic rings. The summed E-state index contributed by atoms with van der Waals surface area (Å²) in [7, 11) is 0. The first-order valence-electron chi connectivity index (χ1n) is 5.15. The van der Waals surface area contributed by atoms with Crippen LogP contribution in [0.5, 0.6) is 0 Å². The molecule has 6 nitrogen and oxygen atoms in total. The van der Waals surface area contributed by atoms with Crippen LogP contribution in [0.15, 0.2) is 28.7 Å². The molecular formula is C11H13BrN2O4. The summed E-state index contributed by atoms with van der Waals surface area (Å²) in [6.45, 7) is -0.386. The number of carbonyl (C=O) groups is 2. The number of carboxylic acid groups (broad SMARTS) is 1. The van der Waals surface area contributed by atoms with Crippen molar-refractivity contribution in [1.29, 1.82) is 0 Å².